The van der Waals surface area contributed by atoms with Crippen molar-refractivity contribution in [3.05, 3.63) is 16.3 Å². The fourth-order valence-corrected chi connectivity index (χ4v) is 8.19. The summed E-state index contributed by atoms with van der Waals surface area (Å²) in [6.45, 7) is 1.52. The van der Waals surface area contributed by atoms with Gasteiger partial charge in [0.05, 0.1) is 0 Å². The number of hydrogen-bond donors (Lipinski definition) is 1. The van der Waals surface area contributed by atoms with E-state index in [1.165, 1.54) is 56.0 Å². The average Bonchev–Trinajstić information content (AvgIpc) is 3.35. The highest BCUT2D eigenvalue weighted by Crippen LogP contribution is 2.55. The van der Waals surface area contributed by atoms with Gasteiger partial charge < -0.3 is 10.2 Å². The molecular formula is C24H37N5O2. The number of piperidine rings is 1. The van der Waals surface area contributed by atoms with Crippen molar-refractivity contribution >= 4 is 6.03 Å². The number of carbonyl (C=O) groups is 1. The van der Waals surface area contributed by atoms with Gasteiger partial charge in [-0.25, -0.2) is 14.3 Å². The summed E-state index contributed by atoms with van der Waals surface area (Å²) in [5.41, 5.74) is 0.107. The first-order chi connectivity index (χ1) is 15.0. The lowest BCUT2D eigenvalue weighted by Crippen LogP contribution is -2.62. The molecule has 1 N–H and O–H groups in total. The predicted octanol–water partition coefficient (Wildman–Crippen LogP) is 3.55. The Morgan fingerprint density at radius 1 is 0.968 bits per heavy atom. The van der Waals surface area contributed by atoms with Crippen LogP contribution >= 0.6 is 0 Å². The number of nitrogens with zero attached hydrogens (tertiary/aromatic N) is 4. The van der Waals surface area contributed by atoms with Crippen LogP contribution in [0, 0.1) is 17.8 Å². The Bertz CT molecular complexity index is 868. The summed E-state index contributed by atoms with van der Waals surface area (Å²) in [5.74, 6) is 3.76. The van der Waals surface area contributed by atoms with E-state index in [2.05, 4.69) is 10.4 Å². The summed E-state index contributed by atoms with van der Waals surface area (Å²) in [5, 5.41) is 8.17. The van der Waals surface area contributed by atoms with E-state index < -0.39 is 0 Å². The van der Waals surface area contributed by atoms with Crippen LogP contribution < -0.4 is 11.0 Å². The molecule has 7 rings (SSSR count). The molecule has 0 unspecified atom stereocenters. The van der Waals surface area contributed by atoms with Crippen LogP contribution in [0.5, 0.6) is 0 Å². The third-order valence-corrected chi connectivity index (χ3v) is 9.23. The van der Waals surface area contributed by atoms with Crippen LogP contribution in [0.2, 0.25) is 0 Å². The number of aryl methyl sites for hydroxylation is 1. The molecule has 5 aliphatic carbocycles. The van der Waals surface area contributed by atoms with Crippen molar-refractivity contribution < 1.29 is 4.79 Å². The Hall–Kier alpha value is -1.79. The normalized spacial score (nSPS) is 35.8. The van der Waals surface area contributed by atoms with Gasteiger partial charge >= 0.3 is 11.7 Å². The number of nitrogens with one attached hydrogen (secondary N) is 1. The Kier molecular flexibility index (Phi) is 4.73. The van der Waals surface area contributed by atoms with Crippen molar-refractivity contribution in [1.29, 1.82) is 0 Å². The zero-order valence-electron chi connectivity index (χ0n) is 18.9. The summed E-state index contributed by atoms with van der Waals surface area (Å²) >= 11 is 0. The zero-order valence-corrected chi connectivity index (χ0v) is 18.9. The number of carbonyl (C=O) groups excluding carboxylic acids is 1. The highest BCUT2D eigenvalue weighted by atomic mass is 16.2. The quantitative estimate of drug-likeness (QED) is 0.802. The highest BCUT2D eigenvalue weighted by molar-refractivity contribution is 5.75. The summed E-state index contributed by atoms with van der Waals surface area (Å²) in [6, 6.07) is 0.461. The van der Waals surface area contributed by atoms with E-state index in [-0.39, 0.29) is 23.2 Å². The van der Waals surface area contributed by atoms with Gasteiger partial charge in [0.2, 0.25) is 0 Å². The largest absolute Gasteiger partial charge is 0.345 e. The molecule has 1 aromatic rings. The van der Waals surface area contributed by atoms with Crippen molar-refractivity contribution in [1.82, 2.24) is 24.6 Å². The van der Waals surface area contributed by atoms with Gasteiger partial charge in [0.1, 0.15) is 5.82 Å². The lowest BCUT2D eigenvalue weighted by atomic mass is 9.53. The van der Waals surface area contributed by atoms with Gasteiger partial charge in [-0.3, -0.25) is 4.57 Å². The monoisotopic (exact) mass is 427 g/mol. The molecule has 31 heavy (non-hydrogen) atoms. The van der Waals surface area contributed by atoms with Gasteiger partial charge in [-0.05, 0) is 82.0 Å². The molecule has 0 aromatic carbocycles. The standard InChI is InChI=1S/C24H37N5O2/c1-27-23(31)29(20-4-2-3-5-20)21(26-27)19-6-8-28(9-7-19)22(30)25-24-13-16-10-17(14-24)12-18(11-16)15-24/h16-20H,2-15H2,1H3,(H,25,30). The maximum atomic E-state index is 13.2. The van der Waals surface area contributed by atoms with Crippen molar-refractivity contribution in [2.45, 2.75) is 94.5 Å². The van der Waals surface area contributed by atoms with Crippen LogP contribution in [0.1, 0.15) is 94.8 Å². The Balaban J connectivity index is 1.11. The molecule has 6 fully saturated rings. The number of rotatable bonds is 3. The van der Waals surface area contributed by atoms with Gasteiger partial charge in [0, 0.05) is 37.6 Å². The molecule has 1 aliphatic heterocycles. The molecule has 1 saturated heterocycles. The molecule has 170 valence electrons. The van der Waals surface area contributed by atoms with Crippen molar-refractivity contribution in [2.24, 2.45) is 24.8 Å². The number of amides is 2. The minimum atomic E-state index is 0.0314. The zero-order chi connectivity index (χ0) is 21.2. The predicted molar refractivity (Wildman–Crippen MR) is 118 cm³/mol. The molecule has 5 saturated carbocycles. The van der Waals surface area contributed by atoms with Crippen molar-refractivity contribution in [3.63, 3.8) is 0 Å². The number of aromatic nitrogens is 3. The maximum Gasteiger partial charge on any atom is 0.345 e. The van der Waals surface area contributed by atoms with E-state index in [0.717, 1.165) is 62.4 Å². The molecule has 4 bridgehead atoms. The summed E-state index contributed by atoms with van der Waals surface area (Å²) in [4.78, 5) is 28.0. The maximum absolute atomic E-state index is 13.2. The van der Waals surface area contributed by atoms with Gasteiger partial charge in [-0.15, -0.1) is 0 Å². The van der Waals surface area contributed by atoms with E-state index in [0.29, 0.717) is 6.04 Å². The Morgan fingerprint density at radius 3 is 2.13 bits per heavy atom. The molecule has 1 aromatic heterocycles. The molecule has 7 heteroatoms. The van der Waals surface area contributed by atoms with E-state index in [4.69, 9.17) is 0 Å². The number of hydrogen-bond acceptors (Lipinski definition) is 3. The molecule has 0 atom stereocenters. The fourth-order valence-electron chi connectivity index (χ4n) is 8.19. The van der Waals surface area contributed by atoms with Crippen molar-refractivity contribution in [3.8, 4) is 0 Å². The van der Waals surface area contributed by atoms with Gasteiger partial charge in [0.15, 0.2) is 0 Å². The lowest BCUT2D eigenvalue weighted by Gasteiger charge is -2.57. The van der Waals surface area contributed by atoms with Crippen molar-refractivity contribution in [2.75, 3.05) is 13.1 Å². The summed E-state index contributed by atoms with van der Waals surface area (Å²) in [7, 11) is 1.77. The van der Waals surface area contributed by atoms with E-state index in [1.54, 1.807) is 7.05 Å². The lowest BCUT2D eigenvalue weighted by molar-refractivity contribution is -0.0160. The second kappa shape index (κ2) is 7.38. The second-order valence-corrected chi connectivity index (χ2v) is 11.5. The third-order valence-electron chi connectivity index (χ3n) is 9.23. The molecule has 2 amide bonds. The topological polar surface area (TPSA) is 72.2 Å². The molecule has 2 heterocycles. The minimum Gasteiger partial charge on any atom is -0.333 e. The third kappa shape index (κ3) is 3.43. The second-order valence-electron chi connectivity index (χ2n) is 11.5. The Labute approximate surface area is 184 Å². The molecule has 6 aliphatic rings. The SMILES string of the molecule is Cn1nc(C2CCN(C(=O)NC34CC5CC(CC(C5)C3)C4)CC2)n(C2CCCC2)c1=O. The van der Waals surface area contributed by atoms with Crippen LogP contribution in [0.15, 0.2) is 4.79 Å². The first-order valence-corrected chi connectivity index (χ1v) is 12.7. The smallest absolute Gasteiger partial charge is 0.333 e. The fraction of sp³-hybridized carbons (Fsp3) is 0.875. The van der Waals surface area contributed by atoms with Gasteiger partial charge in [-0.2, -0.15) is 5.10 Å². The molecule has 0 radical (unpaired) electrons. The Morgan fingerprint density at radius 2 is 1.55 bits per heavy atom. The van der Waals surface area contributed by atoms with Crippen LogP contribution in [0.25, 0.3) is 0 Å². The number of likely N-dealkylation sites (tertiary alicyclic amines) is 1. The number of urea groups is 1. The van der Waals surface area contributed by atoms with E-state index in [1.807, 2.05) is 9.47 Å². The first-order valence-electron chi connectivity index (χ1n) is 12.7. The van der Waals surface area contributed by atoms with Crippen LogP contribution in [-0.2, 0) is 7.05 Å². The van der Waals surface area contributed by atoms with Crippen LogP contribution in [0.4, 0.5) is 4.79 Å². The van der Waals surface area contributed by atoms with E-state index in [9.17, 15) is 9.59 Å². The highest BCUT2D eigenvalue weighted by Gasteiger charge is 2.52. The van der Waals surface area contributed by atoms with Crippen LogP contribution in [0.3, 0.4) is 0 Å². The first kappa shape index (κ1) is 19.9. The summed E-state index contributed by atoms with van der Waals surface area (Å²) in [6.07, 6.45) is 14.2. The average molecular weight is 428 g/mol. The minimum absolute atomic E-state index is 0.0314. The van der Waals surface area contributed by atoms with Gasteiger partial charge in [-0.1, -0.05) is 12.8 Å². The van der Waals surface area contributed by atoms with Crippen LogP contribution in [-0.4, -0.2) is 43.9 Å². The molecular weight excluding hydrogens is 390 g/mol. The molecule has 7 nitrogen and oxygen atoms in total. The van der Waals surface area contributed by atoms with E-state index >= 15 is 0 Å². The van der Waals surface area contributed by atoms with Gasteiger partial charge in [0.25, 0.3) is 0 Å². The summed E-state index contributed by atoms with van der Waals surface area (Å²) < 4.78 is 3.50. The molecule has 0 spiro atoms.